The lowest BCUT2D eigenvalue weighted by molar-refractivity contribution is -0.113. The number of thiazole rings is 1. The summed E-state index contributed by atoms with van der Waals surface area (Å²) in [7, 11) is 0. The highest BCUT2D eigenvalue weighted by atomic mass is 32.2. The number of nitrogens with one attached hydrogen (secondary N) is 2. The predicted octanol–water partition coefficient (Wildman–Crippen LogP) is 6.87. The third kappa shape index (κ3) is 6.95. The number of rotatable bonds is 9. The van der Waals surface area contributed by atoms with Crippen LogP contribution in [0, 0.1) is 12.7 Å². The van der Waals surface area contributed by atoms with Crippen LogP contribution in [-0.2, 0) is 10.5 Å². The maximum atomic E-state index is 13.0. The van der Waals surface area contributed by atoms with Crippen molar-refractivity contribution in [3.8, 4) is 0 Å². The van der Waals surface area contributed by atoms with E-state index >= 15 is 0 Å². The number of aryl methyl sites for hydroxylation is 1. The largest absolute Gasteiger partial charge is 0.322 e. The van der Waals surface area contributed by atoms with Gasteiger partial charge in [0.2, 0.25) is 11.0 Å². The second-order valence-electron chi connectivity index (χ2n) is 8.11. The number of hydrogen-bond donors (Lipinski definition) is 2. The summed E-state index contributed by atoms with van der Waals surface area (Å²) in [5.74, 6) is 0.165. The van der Waals surface area contributed by atoms with Crippen LogP contribution in [0.2, 0.25) is 0 Å². The molecule has 0 atom stereocenters. The van der Waals surface area contributed by atoms with Gasteiger partial charge in [-0.1, -0.05) is 64.7 Å². The van der Waals surface area contributed by atoms with Gasteiger partial charge in [0, 0.05) is 17.0 Å². The Morgan fingerprint density at radius 2 is 1.68 bits per heavy atom. The molecule has 38 heavy (non-hydrogen) atoms. The second-order valence-corrected chi connectivity index (χ2v) is 12.6. The minimum atomic E-state index is -0.268. The minimum absolute atomic E-state index is 0.172. The van der Waals surface area contributed by atoms with Crippen molar-refractivity contribution in [2.24, 2.45) is 0 Å². The first kappa shape index (κ1) is 26.3. The van der Waals surface area contributed by atoms with Crippen LogP contribution in [0.4, 0.5) is 15.2 Å². The van der Waals surface area contributed by atoms with Gasteiger partial charge in [-0.3, -0.25) is 14.9 Å². The molecule has 0 radical (unpaired) electrons. The van der Waals surface area contributed by atoms with Crippen molar-refractivity contribution in [2.45, 2.75) is 21.4 Å². The maximum absolute atomic E-state index is 13.0. The number of nitrogens with zero attached hydrogens (tertiary/aromatic N) is 3. The quantitative estimate of drug-likeness (QED) is 0.145. The molecule has 5 rings (SSSR count). The Bertz CT molecular complexity index is 1590. The first-order valence-electron chi connectivity index (χ1n) is 11.3. The smallest absolute Gasteiger partial charge is 0.255 e. The number of carbonyl (C=O) groups excluding carboxylic acids is 2. The molecule has 0 aliphatic carbocycles. The molecule has 2 aromatic heterocycles. The molecule has 2 amide bonds. The zero-order chi connectivity index (χ0) is 26.5. The molecule has 0 bridgehead atoms. The number of aromatic nitrogens is 3. The Morgan fingerprint density at radius 3 is 2.47 bits per heavy atom. The van der Waals surface area contributed by atoms with E-state index in [0.29, 0.717) is 26.5 Å². The molecule has 0 saturated carbocycles. The van der Waals surface area contributed by atoms with Gasteiger partial charge in [0.1, 0.15) is 5.82 Å². The van der Waals surface area contributed by atoms with Crippen LogP contribution in [-0.4, -0.2) is 32.7 Å². The van der Waals surface area contributed by atoms with E-state index in [1.807, 2.05) is 37.3 Å². The van der Waals surface area contributed by atoms with Crippen molar-refractivity contribution < 1.29 is 14.0 Å². The predicted molar refractivity (Wildman–Crippen MR) is 154 cm³/mol. The van der Waals surface area contributed by atoms with Gasteiger partial charge in [-0.15, -0.1) is 21.5 Å². The fourth-order valence-corrected chi connectivity index (χ4v) is 6.91. The van der Waals surface area contributed by atoms with Gasteiger partial charge in [-0.2, -0.15) is 0 Å². The number of anilines is 2. The van der Waals surface area contributed by atoms with Crippen molar-refractivity contribution in [1.29, 1.82) is 0 Å². The van der Waals surface area contributed by atoms with Gasteiger partial charge in [-0.25, -0.2) is 9.37 Å². The number of fused-ring (bicyclic) bond motifs is 1. The van der Waals surface area contributed by atoms with Gasteiger partial charge in [0.15, 0.2) is 8.68 Å². The first-order valence-corrected chi connectivity index (χ1v) is 14.9. The van der Waals surface area contributed by atoms with Crippen LogP contribution in [0.5, 0.6) is 0 Å². The van der Waals surface area contributed by atoms with Crippen LogP contribution in [0.15, 0.2) is 75.4 Å². The zero-order valence-corrected chi connectivity index (χ0v) is 23.2. The number of hydrogen-bond acceptors (Lipinski definition) is 9. The van der Waals surface area contributed by atoms with Gasteiger partial charge >= 0.3 is 0 Å². The SMILES string of the molecule is Cc1ccc(C(=O)Nc2ccc3nc(SCC(=O)Nc4nnc(SCc5ccc(F)cc5)s4)sc3c2)cc1. The molecule has 0 fully saturated rings. The van der Waals surface area contributed by atoms with Crippen molar-refractivity contribution >= 4 is 79.0 Å². The summed E-state index contributed by atoms with van der Waals surface area (Å²) < 4.78 is 15.4. The number of halogens is 1. The molecule has 0 aliphatic heterocycles. The Hall–Kier alpha value is -3.32. The number of thioether (sulfide) groups is 2. The van der Waals surface area contributed by atoms with Crippen LogP contribution >= 0.6 is 46.2 Å². The average Bonchev–Trinajstić information content (AvgIpc) is 3.53. The number of carbonyl (C=O) groups is 2. The van der Waals surface area contributed by atoms with Gasteiger partial charge in [-0.05, 0) is 55.0 Å². The van der Waals surface area contributed by atoms with Crippen LogP contribution < -0.4 is 10.6 Å². The number of benzene rings is 3. The molecule has 7 nitrogen and oxygen atoms in total. The van der Waals surface area contributed by atoms with E-state index in [-0.39, 0.29) is 23.4 Å². The summed E-state index contributed by atoms with van der Waals surface area (Å²) >= 11 is 5.57. The second kappa shape index (κ2) is 12.0. The lowest BCUT2D eigenvalue weighted by Gasteiger charge is -2.05. The fraction of sp³-hybridized carbons (Fsp3) is 0.115. The molecule has 3 aromatic carbocycles. The summed E-state index contributed by atoms with van der Waals surface area (Å²) in [5, 5.41) is 14.2. The van der Waals surface area contributed by atoms with E-state index in [0.717, 1.165) is 25.7 Å². The standard InChI is InChI=1S/C26H20FN5O2S4/c1-15-2-6-17(7-3-15)23(34)28-19-10-11-20-21(12-19)37-25(29-20)36-14-22(33)30-24-31-32-26(38-24)35-13-16-4-8-18(27)9-5-16/h2-12H,13-14H2,1H3,(H,28,34)(H,30,31,33). The highest BCUT2D eigenvalue weighted by Crippen LogP contribution is 2.32. The molecule has 0 saturated heterocycles. The molecule has 0 spiro atoms. The molecule has 5 aromatic rings. The maximum Gasteiger partial charge on any atom is 0.255 e. The Labute approximate surface area is 234 Å². The Morgan fingerprint density at radius 1 is 0.895 bits per heavy atom. The van der Waals surface area contributed by atoms with Crippen molar-refractivity contribution in [3.63, 3.8) is 0 Å². The fourth-order valence-electron chi connectivity index (χ4n) is 3.28. The van der Waals surface area contributed by atoms with E-state index in [1.165, 1.54) is 58.3 Å². The lowest BCUT2D eigenvalue weighted by atomic mass is 10.1. The van der Waals surface area contributed by atoms with E-state index in [4.69, 9.17) is 0 Å². The molecular formula is C26H20FN5O2S4. The van der Waals surface area contributed by atoms with Crippen molar-refractivity contribution in [1.82, 2.24) is 15.2 Å². The molecular weight excluding hydrogens is 562 g/mol. The molecule has 0 aliphatic rings. The molecule has 0 unspecified atom stereocenters. The Kier molecular flexibility index (Phi) is 8.32. The van der Waals surface area contributed by atoms with E-state index in [1.54, 1.807) is 24.3 Å². The Balaban J connectivity index is 1.12. The summed E-state index contributed by atoms with van der Waals surface area (Å²) in [4.78, 5) is 29.5. The third-order valence-corrected chi connectivity index (χ3v) is 9.40. The van der Waals surface area contributed by atoms with Crippen molar-refractivity contribution in [2.75, 3.05) is 16.4 Å². The normalized spacial score (nSPS) is 11.0. The first-order chi connectivity index (χ1) is 18.4. The topological polar surface area (TPSA) is 96.9 Å². The summed E-state index contributed by atoms with van der Waals surface area (Å²) in [6.07, 6.45) is 0. The average molecular weight is 582 g/mol. The van der Waals surface area contributed by atoms with Gasteiger partial charge < -0.3 is 5.32 Å². The molecule has 2 N–H and O–H groups in total. The summed E-state index contributed by atoms with van der Waals surface area (Å²) in [6, 6.07) is 19.3. The van der Waals surface area contributed by atoms with Crippen LogP contribution in [0.25, 0.3) is 10.2 Å². The van der Waals surface area contributed by atoms with Gasteiger partial charge in [0.25, 0.3) is 5.91 Å². The lowest BCUT2D eigenvalue weighted by Crippen LogP contribution is -2.13. The van der Waals surface area contributed by atoms with Gasteiger partial charge in [0.05, 0.1) is 16.0 Å². The minimum Gasteiger partial charge on any atom is -0.322 e. The van der Waals surface area contributed by atoms with Crippen LogP contribution in [0.3, 0.4) is 0 Å². The monoisotopic (exact) mass is 581 g/mol. The zero-order valence-electron chi connectivity index (χ0n) is 19.9. The molecule has 12 heteroatoms. The van der Waals surface area contributed by atoms with Crippen molar-refractivity contribution in [3.05, 3.63) is 89.2 Å². The van der Waals surface area contributed by atoms with Crippen LogP contribution in [0.1, 0.15) is 21.5 Å². The number of amides is 2. The molecule has 2 heterocycles. The van der Waals surface area contributed by atoms with E-state index in [9.17, 15) is 14.0 Å². The highest BCUT2D eigenvalue weighted by molar-refractivity contribution is 8.01. The molecule has 192 valence electrons. The third-order valence-electron chi connectivity index (χ3n) is 5.20. The van der Waals surface area contributed by atoms with E-state index in [2.05, 4.69) is 25.8 Å². The highest BCUT2D eigenvalue weighted by Gasteiger charge is 2.13. The summed E-state index contributed by atoms with van der Waals surface area (Å²) in [6.45, 7) is 1.98. The summed E-state index contributed by atoms with van der Waals surface area (Å²) in [5.41, 5.74) is 4.15. The van der Waals surface area contributed by atoms with E-state index < -0.39 is 0 Å².